The minimum atomic E-state index is -0.939. The van der Waals surface area contributed by atoms with E-state index in [1.165, 1.54) is 4.88 Å². The zero-order valence-electron chi connectivity index (χ0n) is 12.3. The van der Waals surface area contributed by atoms with Crippen molar-refractivity contribution in [1.29, 1.82) is 0 Å². The number of aliphatic hydroxyl groups is 1. The SMILES string of the molecule is CC1(C)CN(Cc2ccc(/C=C/C(=O)O)s2)CC(CO)O1. The highest BCUT2D eigenvalue weighted by Gasteiger charge is 2.32. The Morgan fingerprint density at radius 3 is 3.00 bits per heavy atom. The van der Waals surface area contributed by atoms with Gasteiger partial charge < -0.3 is 14.9 Å². The lowest BCUT2D eigenvalue weighted by molar-refractivity contribution is -0.150. The topological polar surface area (TPSA) is 70.0 Å². The summed E-state index contributed by atoms with van der Waals surface area (Å²) in [6.45, 7) is 6.38. The van der Waals surface area contributed by atoms with E-state index in [9.17, 15) is 9.90 Å². The summed E-state index contributed by atoms with van der Waals surface area (Å²) in [7, 11) is 0. The van der Waals surface area contributed by atoms with Crippen LogP contribution in [-0.4, -0.2) is 52.5 Å². The molecular formula is C15H21NO4S. The molecular weight excluding hydrogens is 290 g/mol. The fourth-order valence-corrected chi connectivity index (χ4v) is 3.53. The van der Waals surface area contributed by atoms with Gasteiger partial charge in [0.25, 0.3) is 0 Å². The Balaban J connectivity index is 1.99. The molecule has 2 N–H and O–H groups in total. The molecule has 1 aromatic rings. The second-order valence-corrected chi connectivity index (χ2v) is 7.03. The summed E-state index contributed by atoms with van der Waals surface area (Å²) >= 11 is 1.58. The van der Waals surface area contributed by atoms with Crippen LogP contribution in [0.2, 0.25) is 0 Å². The number of hydrogen-bond donors (Lipinski definition) is 2. The standard InChI is InChI=1S/C15H21NO4S/c1-15(2)10-16(7-11(9-17)20-15)8-13-4-3-12(21-13)5-6-14(18)19/h3-6,11,17H,7-10H2,1-2H3,(H,18,19)/b6-5+. The average Bonchev–Trinajstić information content (AvgIpc) is 2.82. The molecule has 21 heavy (non-hydrogen) atoms. The van der Waals surface area contributed by atoms with E-state index in [1.54, 1.807) is 17.4 Å². The number of nitrogens with zero attached hydrogens (tertiary/aromatic N) is 1. The van der Waals surface area contributed by atoms with Gasteiger partial charge in [0, 0.05) is 35.5 Å². The van der Waals surface area contributed by atoms with Crippen LogP contribution in [0.4, 0.5) is 0 Å². The van der Waals surface area contributed by atoms with E-state index < -0.39 is 5.97 Å². The summed E-state index contributed by atoms with van der Waals surface area (Å²) in [5.74, 6) is -0.939. The highest BCUT2D eigenvalue weighted by atomic mass is 32.1. The molecule has 0 aromatic carbocycles. The number of ether oxygens (including phenoxy) is 1. The van der Waals surface area contributed by atoms with E-state index in [0.29, 0.717) is 6.54 Å². The Labute approximate surface area is 128 Å². The van der Waals surface area contributed by atoms with Crippen molar-refractivity contribution in [3.05, 3.63) is 28.0 Å². The zero-order chi connectivity index (χ0) is 15.5. The molecule has 2 rings (SSSR count). The number of carbonyl (C=O) groups is 1. The van der Waals surface area contributed by atoms with Crippen LogP contribution in [0.3, 0.4) is 0 Å². The molecule has 0 bridgehead atoms. The molecule has 1 unspecified atom stereocenters. The molecule has 0 saturated carbocycles. The molecule has 1 atom stereocenters. The van der Waals surface area contributed by atoms with Gasteiger partial charge in [-0.3, -0.25) is 4.90 Å². The third-order valence-electron chi connectivity index (χ3n) is 3.21. The Morgan fingerprint density at radius 1 is 1.57 bits per heavy atom. The normalized spacial score (nSPS) is 22.7. The molecule has 1 saturated heterocycles. The summed E-state index contributed by atoms with van der Waals surface area (Å²) < 4.78 is 5.80. The largest absolute Gasteiger partial charge is 0.478 e. The Bertz CT molecular complexity index is 523. The highest BCUT2D eigenvalue weighted by molar-refractivity contribution is 7.12. The number of morpholine rings is 1. The number of carboxylic acids is 1. The number of carboxylic acid groups (broad SMARTS) is 1. The number of thiophene rings is 1. The Hall–Kier alpha value is -1.21. The molecule has 2 heterocycles. The number of aliphatic carboxylic acids is 1. The molecule has 1 aromatic heterocycles. The van der Waals surface area contributed by atoms with Crippen molar-refractivity contribution < 1.29 is 19.7 Å². The van der Waals surface area contributed by atoms with E-state index in [2.05, 4.69) is 4.90 Å². The van der Waals surface area contributed by atoms with E-state index in [0.717, 1.165) is 24.0 Å². The number of aliphatic hydroxyl groups excluding tert-OH is 1. The predicted octanol–water partition coefficient (Wildman–Crippen LogP) is 1.82. The van der Waals surface area contributed by atoms with Gasteiger partial charge >= 0.3 is 5.97 Å². The van der Waals surface area contributed by atoms with Crippen molar-refractivity contribution in [3.63, 3.8) is 0 Å². The summed E-state index contributed by atoms with van der Waals surface area (Å²) in [5.41, 5.74) is -0.269. The minimum absolute atomic E-state index is 0.0248. The summed E-state index contributed by atoms with van der Waals surface area (Å²) in [6.07, 6.45) is 2.60. The minimum Gasteiger partial charge on any atom is -0.478 e. The van der Waals surface area contributed by atoms with Gasteiger partial charge in [0.05, 0.1) is 18.3 Å². The first-order valence-electron chi connectivity index (χ1n) is 6.89. The van der Waals surface area contributed by atoms with Crippen LogP contribution in [0, 0.1) is 0 Å². The molecule has 5 nitrogen and oxygen atoms in total. The zero-order valence-corrected chi connectivity index (χ0v) is 13.1. The molecule has 116 valence electrons. The van der Waals surface area contributed by atoms with Crippen LogP contribution in [0.5, 0.6) is 0 Å². The maximum absolute atomic E-state index is 10.5. The molecule has 0 radical (unpaired) electrons. The van der Waals surface area contributed by atoms with Gasteiger partial charge in [0.2, 0.25) is 0 Å². The summed E-state index contributed by atoms with van der Waals surface area (Å²) in [6, 6.07) is 3.94. The van der Waals surface area contributed by atoms with Crippen LogP contribution in [0.1, 0.15) is 23.6 Å². The van der Waals surface area contributed by atoms with Crippen molar-refractivity contribution in [2.45, 2.75) is 32.1 Å². The van der Waals surface area contributed by atoms with E-state index >= 15 is 0 Å². The van der Waals surface area contributed by atoms with Crippen LogP contribution in [-0.2, 0) is 16.1 Å². The second-order valence-electron chi connectivity index (χ2n) is 5.83. The lowest BCUT2D eigenvalue weighted by Crippen LogP contribution is -2.53. The Morgan fingerprint density at radius 2 is 2.33 bits per heavy atom. The van der Waals surface area contributed by atoms with Crippen LogP contribution in [0.25, 0.3) is 6.08 Å². The predicted molar refractivity (Wildman–Crippen MR) is 82.3 cm³/mol. The lowest BCUT2D eigenvalue weighted by atomic mass is 10.1. The van der Waals surface area contributed by atoms with Gasteiger partial charge in [0.1, 0.15) is 0 Å². The van der Waals surface area contributed by atoms with Crippen molar-refractivity contribution in [1.82, 2.24) is 4.90 Å². The van der Waals surface area contributed by atoms with Crippen LogP contribution >= 0.6 is 11.3 Å². The third kappa shape index (κ3) is 4.93. The number of hydrogen-bond acceptors (Lipinski definition) is 5. The van der Waals surface area contributed by atoms with E-state index in [4.69, 9.17) is 9.84 Å². The van der Waals surface area contributed by atoms with Gasteiger partial charge in [-0.05, 0) is 32.1 Å². The monoisotopic (exact) mass is 311 g/mol. The summed E-state index contributed by atoms with van der Waals surface area (Å²) in [5, 5.41) is 17.9. The van der Waals surface area contributed by atoms with Gasteiger partial charge in [-0.1, -0.05) is 0 Å². The number of rotatable bonds is 5. The van der Waals surface area contributed by atoms with Crippen LogP contribution in [0.15, 0.2) is 18.2 Å². The summed E-state index contributed by atoms with van der Waals surface area (Å²) in [4.78, 5) is 14.9. The molecule has 1 fully saturated rings. The second kappa shape index (κ2) is 6.70. The van der Waals surface area contributed by atoms with Crippen molar-refractivity contribution in [3.8, 4) is 0 Å². The molecule has 1 aliphatic heterocycles. The van der Waals surface area contributed by atoms with Gasteiger partial charge in [-0.15, -0.1) is 11.3 Å². The van der Waals surface area contributed by atoms with Gasteiger partial charge in [0.15, 0.2) is 0 Å². The fraction of sp³-hybridized carbons (Fsp3) is 0.533. The van der Waals surface area contributed by atoms with Crippen molar-refractivity contribution >= 4 is 23.4 Å². The first-order valence-corrected chi connectivity index (χ1v) is 7.70. The molecule has 0 amide bonds. The molecule has 0 spiro atoms. The van der Waals surface area contributed by atoms with Crippen molar-refractivity contribution in [2.75, 3.05) is 19.7 Å². The fourth-order valence-electron chi connectivity index (χ4n) is 2.58. The van der Waals surface area contributed by atoms with E-state index in [1.807, 2.05) is 26.0 Å². The molecule has 6 heteroatoms. The third-order valence-corrected chi connectivity index (χ3v) is 4.24. The average molecular weight is 311 g/mol. The maximum atomic E-state index is 10.5. The first-order chi connectivity index (χ1) is 9.88. The van der Waals surface area contributed by atoms with Gasteiger partial charge in [-0.2, -0.15) is 0 Å². The molecule has 1 aliphatic rings. The lowest BCUT2D eigenvalue weighted by Gasteiger charge is -2.42. The molecule has 0 aliphatic carbocycles. The first kappa shape index (κ1) is 16.2. The smallest absolute Gasteiger partial charge is 0.328 e. The quantitative estimate of drug-likeness (QED) is 0.812. The Kier molecular flexibility index (Phi) is 5.16. The van der Waals surface area contributed by atoms with E-state index in [-0.39, 0.29) is 18.3 Å². The van der Waals surface area contributed by atoms with Gasteiger partial charge in [-0.25, -0.2) is 4.79 Å². The van der Waals surface area contributed by atoms with Crippen LogP contribution < -0.4 is 0 Å². The van der Waals surface area contributed by atoms with Crippen molar-refractivity contribution in [2.24, 2.45) is 0 Å². The highest BCUT2D eigenvalue weighted by Crippen LogP contribution is 2.25. The maximum Gasteiger partial charge on any atom is 0.328 e.